The highest BCUT2D eigenvalue weighted by Gasteiger charge is 2.19. The number of thiophene rings is 1. The van der Waals surface area contributed by atoms with Crippen molar-refractivity contribution < 1.29 is 9.18 Å². The summed E-state index contributed by atoms with van der Waals surface area (Å²) < 4.78 is 15.1. The number of amides is 1. The van der Waals surface area contributed by atoms with Crippen LogP contribution in [0, 0.1) is 12.7 Å². The Hall–Kier alpha value is -3.89. The van der Waals surface area contributed by atoms with Gasteiger partial charge in [0.15, 0.2) is 5.16 Å². The molecule has 0 spiro atoms. The second kappa shape index (κ2) is 10.4. The Morgan fingerprint density at radius 1 is 1.08 bits per heavy atom. The lowest BCUT2D eigenvalue weighted by molar-refractivity contribution is -0.113. The van der Waals surface area contributed by atoms with Gasteiger partial charge in [0.2, 0.25) is 11.9 Å². The highest BCUT2D eigenvalue weighted by Crippen LogP contribution is 2.32. The van der Waals surface area contributed by atoms with E-state index in [2.05, 4.69) is 15.3 Å². The van der Waals surface area contributed by atoms with Gasteiger partial charge in [0.25, 0.3) is 5.56 Å². The number of fused-ring (bicyclic) bond motifs is 1. The number of nitrogens with zero attached hydrogens (tertiary/aromatic N) is 4. The van der Waals surface area contributed by atoms with Crippen molar-refractivity contribution in [3.8, 4) is 11.1 Å². The summed E-state index contributed by atoms with van der Waals surface area (Å²) in [5.41, 5.74) is 2.91. The largest absolute Gasteiger partial charge is 0.294 e. The number of carbonyl (C=O) groups is 1. The monoisotopic (exact) mass is 517 g/mol. The zero-order valence-corrected chi connectivity index (χ0v) is 20.8. The van der Waals surface area contributed by atoms with Gasteiger partial charge in [-0.2, -0.15) is 0 Å². The van der Waals surface area contributed by atoms with Crippen LogP contribution < -0.4 is 10.9 Å². The third kappa shape index (κ3) is 5.19. The minimum absolute atomic E-state index is 0.0280. The lowest BCUT2D eigenvalue weighted by Crippen LogP contribution is -2.25. The molecule has 10 heteroatoms. The minimum Gasteiger partial charge on any atom is -0.294 e. The van der Waals surface area contributed by atoms with Crippen LogP contribution in [-0.2, 0) is 11.3 Å². The van der Waals surface area contributed by atoms with Crippen LogP contribution in [0.4, 0.5) is 10.3 Å². The molecule has 7 nitrogen and oxygen atoms in total. The molecule has 0 atom stereocenters. The summed E-state index contributed by atoms with van der Waals surface area (Å²) in [4.78, 5) is 39.9. The van der Waals surface area contributed by atoms with Gasteiger partial charge in [-0.15, -0.1) is 11.3 Å². The second-order valence-corrected chi connectivity index (χ2v) is 9.77. The molecular weight excluding hydrogens is 497 g/mol. The Morgan fingerprint density at radius 3 is 2.61 bits per heavy atom. The van der Waals surface area contributed by atoms with Gasteiger partial charge >= 0.3 is 0 Å². The molecule has 0 saturated carbocycles. The Balaban J connectivity index is 1.50. The van der Waals surface area contributed by atoms with Crippen molar-refractivity contribution in [3.63, 3.8) is 0 Å². The molecular formula is C26H20FN5O2S2. The predicted molar refractivity (Wildman–Crippen MR) is 141 cm³/mol. The van der Waals surface area contributed by atoms with Gasteiger partial charge in [-0.3, -0.25) is 19.5 Å². The molecule has 0 bridgehead atoms. The van der Waals surface area contributed by atoms with Crippen LogP contribution in [0.3, 0.4) is 0 Å². The van der Waals surface area contributed by atoms with E-state index in [4.69, 9.17) is 4.98 Å². The van der Waals surface area contributed by atoms with Gasteiger partial charge in [0.05, 0.1) is 17.7 Å². The van der Waals surface area contributed by atoms with Gasteiger partial charge in [0, 0.05) is 22.8 Å². The molecule has 0 saturated heterocycles. The Bertz CT molecular complexity index is 1600. The van der Waals surface area contributed by atoms with E-state index < -0.39 is 0 Å². The van der Waals surface area contributed by atoms with E-state index in [1.54, 1.807) is 29.0 Å². The van der Waals surface area contributed by atoms with Crippen LogP contribution in [0.2, 0.25) is 0 Å². The molecule has 1 N–H and O–H groups in total. The van der Waals surface area contributed by atoms with Crippen LogP contribution in [0.1, 0.15) is 11.3 Å². The number of thioether (sulfide) groups is 1. The molecule has 0 aliphatic heterocycles. The first-order chi connectivity index (χ1) is 17.5. The lowest BCUT2D eigenvalue weighted by Gasteiger charge is -2.13. The molecule has 2 aromatic carbocycles. The molecule has 180 valence electrons. The van der Waals surface area contributed by atoms with Gasteiger partial charge in [0.1, 0.15) is 10.6 Å². The summed E-state index contributed by atoms with van der Waals surface area (Å²) in [5.74, 6) is -0.386. The van der Waals surface area contributed by atoms with E-state index in [9.17, 15) is 14.0 Å². The van der Waals surface area contributed by atoms with Crippen molar-refractivity contribution in [2.75, 3.05) is 11.1 Å². The van der Waals surface area contributed by atoms with Crippen molar-refractivity contribution in [2.45, 2.75) is 18.6 Å². The Labute approximate surface area is 214 Å². The standard InChI is InChI=1S/C26H20FN5O2S2/c1-16-11-12-28-25(29-16)30-21(33)15-36-26-31-23-22(20(14-35-23)18-7-9-19(27)10-8-18)24(34)32(26)13-17-5-3-2-4-6-17/h2-12,14H,13,15H2,1H3,(H,28,29,30,33). The number of benzene rings is 2. The number of nitrogens with one attached hydrogen (secondary N) is 1. The summed E-state index contributed by atoms with van der Waals surface area (Å²) in [6.45, 7) is 2.11. The quantitative estimate of drug-likeness (QED) is 0.237. The normalized spacial score (nSPS) is 11.1. The Kier molecular flexibility index (Phi) is 6.88. The fourth-order valence-electron chi connectivity index (χ4n) is 3.66. The maximum absolute atomic E-state index is 13.8. The smallest absolute Gasteiger partial charge is 0.263 e. The van der Waals surface area contributed by atoms with E-state index in [1.165, 1.54) is 35.2 Å². The molecule has 36 heavy (non-hydrogen) atoms. The number of anilines is 1. The molecule has 5 aromatic rings. The van der Waals surface area contributed by atoms with Gasteiger partial charge in [-0.1, -0.05) is 54.2 Å². The van der Waals surface area contributed by atoms with Gasteiger partial charge < -0.3 is 0 Å². The van der Waals surface area contributed by atoms with Crippen LogP contribution >= 0.6 is 23.1 Å². The van der Waals surface area contributed by atoms with E-state index in [0.717, 1.165) is 16.8 Å². The van der Waals surface area contributed by atoms with Crippen molar-refractivity contribution in [3.05, 3.63) is 99.7 Å². The zero-order valence-electron chi connectivity index (χ0n) is 19.1. The molecule has 0 aliphatic rings. The van der Waals surface area contributed by atoms with E-state index in [1.807, 2.05) is 42.6 Å². The fraction of sp³-hybridized carbons (Fsp3) is 0.115. The molecule has 0 fully saturated rings. The number of aromatic nitrogens is 4. The maximum atomic E-state index is 13.8. The van der Waals surface area contributed by atoms with Crippen LogP contribution in [0.25, 0.3) is 21.3 Å². The van der Waals surface area contributed by atoms with E-state index in [0.29, 0.717) is 27.5 Å². The average Bonchev–Trinajstić information content (AvgIpc) is 3.30. The predicted octanol–water partition coefficient (Wildman–Crippen LogP) is 5.14. The topological polar surface area (TPSA) is 89.8 Å². The first-order valence-electron chi connectivity index (χ1n) is 11.0. The summed E-state index contributed by atoms with van der Waals surface area (Å²) in [5, 5.41) is 5.45. The molecule has 5 rings (SSSR count). The summed E-state index contributed by atoms with van der Waals surface area (Å²) in [6.07, 6.45) is 1.58. The van der Waals surface area contributed by atoms with Crippen molar-refractivity contribution in [2.24, 2.45) is 0 Å². The lowest BCUT2D eigenvalue weighted by atomic mass is 10.1. The zero-order chi connectivity index (χ0) is 25.1. The van der Waals surface area contributed by atoms with Crippen LogP contribution in [0.15, 0.2) is 82.2 Å². The third-order valence-electron chi connectivity index (χ3n) is 5.38. The van der Waals surface area contributed by atoms with E-state index in [-0.39, 0.29) is 29.0 Å². The Morgan fingerprint density at radius 2 is 1.86 bits per heavy atom. The van der Waals surface area contributed by atoms with Crippen LogP contribution in [-0.4, -0.2) is 31.2 Å². The van der Waals surface area contributed by atoms with Crippen molar-refractivity contribution in [1.82, 2.24) is 19.5 Å². The molecule has 0 unspecified atom stereocenters. The van der Waals surface area contributed by atoms with E-state index >= 15 is 0 Å². The first kappa shape index (κ1) is 23.8. The van der Waals surface area contributed by atoms with Gasteiger partial charge in [-0.25, -0.2) is 19.3 Å². The minimum atomic E-state index is -0.342. The van der Waals surface area contributed by atoms with Crippen molar-refractivity contribution >= 4 is 45.2 Å². The SMILES string of the molecule is Cc1ccnc(NC(=O)CSc2nc3scc(-c4ccc(F)cc4)c3c(=O)n2Cc2ccccc2)n1. The molecule has 0 radical (unpaired) electrons. The number of halogens is 1. The maximum Gasteiger partial charge on any atom is 0.263 e. The molecule has 3 heterocycles. The third-order valence-corrected chi connectivity index (χ3v) is 7.22. The number of hydrogen-bond donors (Lipinski definition) is 1. The van der Waals surface area contributed by atoms with Crippen molar-refractivity contribution in [1.29, 1.82) is 0 Å². The highest BCUT2D eigenvalue weighted by molar-refractivity contribution is 7.99. The highest BCUT2D eigenvalue weighted by atomic mass is 32.2. The summed E-state index contributed by atoms with van der Waals surface area (Å²) in [6, 6.07) is 17.4. The number of aryl methyl sites for hydroxylation is 1. The number of carbonyl (C=O) groups excluding carboxylic acids is 1. The number of rotatable bonds is 7. The molecule has 3 aromatic heterocycles. The molecule has 0 aliphatic carbocycles. The fourth-order valence-corrected chi connectivity index (χ4v) is 5.45. The number of hydrogen-bond acceptors (Lipinski definition) is 7. The molecule has 1 amide bonds. The average molecular weight is 518 g/mol. The second-order valence-electron chi connectivity index (χ2n) is 7.97. The summed E-state index contributed by atoms with van der Waals surface area (Å²) in [7, 11) is 0. The van der Waals surface area contributed by atoms with Crippen LogP contribution in [0.5, 0.6) is 0 Å². The summed E-state index contributed by atoms with van der Waals surface area (Å²) >= 11 is 2.52. The first-order valence-corrected chi connectivity index (χ1v) is 12.9. The van der Waals surface area contributed by atoms with Gasteiger partial charge in [-0.05, 0) is 36.2 Å².